The maximum absolute atomic E-state index is 10.2. The van der Waals surface area contributed by atoms with Gasteiger partial charge in [-0.05, 0) is 0 Å². The van der Waals surface area contributed by atoms with Gasteiger partial charge in [-0.1, -0.05) is 0 Å². The van der Waals surface area contributed by atoms with E-state index in [1.807, 2.05) is 0 Å². The van der Waals surface area contributed by atoms with Crippen molar-refractivity contribution in [3.8, 4) is 0 Å². The molecular weight excluding hydrogens is 189 g/mol. The largest absolute Gasteiger partial charge is 1.00 e. The van der Waals surface area contributed by atoms with Gasteiger partial charge in [0.2, 0.25) is 0 Å². The Labute approximate surface area is 85.7 Å². The first-order valence-corrected chi connectivity index (χ1v) is 4.58. The summed E-state index contributed by atoms with van der Waals surface area (Å²) in [5.41, 5.74) is 0. The van der Waals surface area contributed by atoms with Gasteiger partial charge in [-0.3, -0.25) is 4.21 Å². The summed E-state index contributed by atoms with van der Waals surface area (Å²) in [5, 5.41) is 1.05. The summed E-state index contributed by atoms with van der Waals surface area (Å²) in [4.78, 5) is 0. The van der Waals surface area contributed by atoms with Crippen LogP contribution in [0.25, 0.3) is 0 Å². The van der Waals surface area contributed by atoms with E-state index in [1.54, 1.807) is 0 Å². The van der Waals surface area contributed by atoms with Crippen molar-refractivity contribution in [1.82, 2.24) is 5.06 Å². The first-order valence-electron chi connectivity index (χ1n) is 1.91. The van der Waals surface area contributed by atoms with Crippen molar-refractivity contribution < 1.29 is 46.8 Å². The molecule has 0 aromatic heterocycles. The SMILES string of the molecule is CN(C)OS(=O)S(=O)[O-].[Na+]. The molecule has 2 unspecified atom stereocenters. The van der Waals surface area contributed by atoms with Crippen molar-refractivity contribution in [1.29, 1.82) is 0 Å². The molecule has 0 aliphatic rings. The molecule has 5 nitrogen and oxygen atoms in total. The van der Waals surface area contributed by atoms with Gasteiger partial charge in [0.05, 0.1) is 10.1 Å². The maximum atomic E-state index is 10.2. The molecule has 10 heavy (non-hydrogen) atoms. The smallest absolute Gasteiger partial charge is 0.760 e. The zero-order chi connectivity index (χ0) is 7.44. The second-order valence-electron chi connectivity index (χ2n) is 1.30. The Morgan fingerprint density at radius 2 is 1.80 bits per heavy atom. The van der Waals surface area contributed by atoms with Gasteiger partial charge in [0.1, 0.15) is 0 Å². The molecule has 0 N–H and O–H groups in total. The van der Waals surface area contributed by atoms with E-state index >= 15 is 0 Å². The number of hydrogen-bond donors (Lipinski definition) is 0. The second-order valence-corrected chi connectivity index (χ2v) is 3.89. The fourth-order valence-electron chi connectivity index (χ4n) is 0.147. The average molecular weight is 195 g/mol. The molecule has 0 saturated carbocycles. The predicted octanol–water partition coefficient (Wildman–Crippen LogP) is -4.06. The average Bonchev–Trinajstić information content (AvgIpc) is 1.63. The summed E-state index contributed by atoms with van der Waals surface area (Å²) in [6.45, 7) is 0. The van der Waals surface area contributed by atoms with Crippen molar-refractivity contribution in [2.75, 3.05) is 14.1 Å². The Hall–Kier alpha value is 1.18. The van der Waals surface area contributed by atoms with Crippen LogP contribution in [0.2, 0.25) is 0 Å². The molecule has 8 heteroatoms. The molecule has 2 atom stereocenters. The number of hydrogen-bond acceptors (Lipinski definition) is 5. The van der Waals surface area contributed by atoms with Crippen molar-refractivity contribution >= 4 is 20.2 Å². The molecule has 0 bridgehead atoms. The fraction of sp³-hybridized carbons (Fsp3) is 1.00. The molecule has 0 aromatic carbocycles. The second kappa shape index (κ2) is 6.86. The molecule has 0 spiro atoms. The van der Waals surface area contributed by atoms with E-state index in [2.05, 4.69) is 4.28 Å². The third kappa shape index (κ3) is 7.29. The van der Waals surface area contributed by atoms with E-state index in [4.69, 9.17) is 0 Å². The molecule has 0 aliphatic carbocycles. The summed E-state index contributed by atoms with van der Waals surface area (Å²) in [6, 6.07) is 0. The van der Waals surface area contributed by atoms with Crippen LogP contribution in [0.1, 0.15) is 0 Å². The Kier molecular flexibility index (Phi) is 9.44. The number of hydroxylamine groups is 2. The van der Waals surface area contributed by atoms with Gasteiger partial charge in [0.25, 0.3) is 10.1 Å². The van der Waals surface area contributed by atoms with Crippen LogP contribution in [0.4, 0.5) is 0 Å². The maximum Gasteiger partial charge on any atom is 1.00 e. The van der Waals surface area contributed by atoms with Crippen LogP contribution in [0.3, 0.4) is 0 Å². The summed E-state index contributed by atoms with van der Waals surface area (Å²) in [6.07, 6.45) is 0. The zero-order valence-electron chi connectivity index (χ0n) is 5.90. The van der Waals surface area contributed by atoms with Gasteiger partial charge in [-0.2, -0.15) is 9.35 Å². The predicted molar refractivity (Wildman–Crippen MR) is 31.8 cm³/mol. The zero-order valence-corrected chi connectivity index (χ0v) is 9.53. The standard InChI is InChI=1S/C2H7NO4S2.Na/c1-3(2)7-9(6)8(4)5;/h1-2H3,(H,4,5);/q;+1/p-1. The first kappa shape index (κ1) is 13.7. The quantitative estimate of drug-likeness (QED) is 0.198. The van der Waals surface area contributed by atoms with Crippen molar-refractivity contribution in [3.05, 3.63) is 0 Å². The van der Waals surface area contributed by atoms with Crippen LogP contribution >= 0.6 is 0 Å². The Balaban J connectivity index is 0. The monoisotopic (exact) mass is 195 g/mol. The van der Waals surface area contributed by atoms with Crippen LogP contribution < -0.4 is 29.6 Å². The van der Waals surface area contributed by atoms with Gasteiger partial charge >= 0.3 is 29.6 Å². The van der Waals surface area contributed by atoms with Crippen molar-refractivity contribution in [2.45, 2.75) is 0 Å². The first-order chi connectivity index (χ1) is 4.04. The van der Waals surface area contributed by atoms with Crippen molar-refractivity contribution in [3.63, 3.8) is 0 Å². The molecule has 0 fully saturated rings. The van der Waals surface area contributed by atoms with E-state index in [-0.39, 0.29) is 29.6 Å². The van der Waals surface area contributed by atoms with Crippen LogP contribution in [-0.2, 0) is 24.5 Å². The summed E-state index contributed by atoms with van der Waals surface area (Å²) in [7, 11) is -2.06. The molecular formula is C2H6NNaO4S2. The number of rotatable bonds is 3. The van der Waals surface area contributed by atoms with Crippen LogP contribution in [0.15, 0.2) is 0 Å². The van der Waals surface area contributed by atoms with Gasteiger partial charge in [-0.25, -0.2) is 4.21 Å². The summed E-state index contributed by atoms with van der Waals surface area (Å²) < 4.78 is 34.0. The van der Waals surface area contributed by atoms with Gasteiger partial charge in [0, 0.05) is 14.1 Å². The Morgan fingerprint density at radius 1 is 1.40 bits per heavy atom. The van der Waals surface area contributed by atoms with E-state index < -0.39 is 20.2 Å². The minimum absolute atomic E-state index is 0. The minimum Gasteiger partial charge on any atom is -0.760 e. The normalized spacial score (nSPS) is 16.0. The third-order valence-electron chi connectivity index (χ3n) is 0.321. The molecule has 0 amide bonds. The van der Waals surface area contributed by atoms with Crippen molar-refractivity contribution in [2.24, 2.45) is 0 Å². The fourth-order valence-corrected chi connectivity index (χ4v) is 0.954. The summed E-state index contributed by atoms with van der Waals surface area (Å²) in [5.74, 6) is 0. The van der Waals surface area contributed by atoms with Crippen LogP contribution in [0, 0.1) is 0 Å². The molecule has 0 saturated heterocycles. The Morgan fingerprint density at radius 3 is 1.90 bits per heavy atom. The van der Waals surface area contributed by atoms with E-state index in [0.717, 1.165) is 5.06 Å². The van der Waals surface area contributed by atoms with Gasteiger partial charge in [0.15, 0.2) is 0 Å². The molecule has 0 aromatic rings. The summed E-state index contributed by atoms with van der Waals surface area (Å²) >= 11 is 0. The van der Waals surface area contributed by atoms with Crippen LogP contribution in [0.5, 0.6) is 0 Å². The van der Waals surface area contributed by atoms with Gasteiger partial charge in [-0.15, -0.1) is 0 Å². The molecule has 0 aliphatic heterocycles. The molecule has 56 valence electrons. The minimum atomic E-state index is -2.67. The topological polar surface area (TPSA) is 69.7 Å². The third-order valence-corrected chi connectivity index (χ3v) is 1.81. The Bertz CT molecular complexity index is 139. The van der Waals surface area contributed by atoms with Gasteiger partial charge < -0.3 is 4.55 Å². The van der Waals surface area contributed by atoms with Crippen LogP contribution in [-0.4, -0.2) is 32.1 Å². The van der Waals surface area contributed by atoms with E-state index in [9.17, 15) is 13.0 Å². The van der Waals surface area contributed by atoms with E-state index in [1.165, 1.54) is 14.1 Å². The molecule has 0 radical (unpaired) electrons. The molecule has 0 rings (SSSR count). The number of nitrogens with zero attached hydrogens (tertiary/aromatic N) is 1. The van der Waals surface area contributed by atoms with E-state index in [0.29, 0.717) is 0 Å². The molecule has 0 heterocycles.